The van der Waals surface area contributed by atoms with E-state index in [0.29, 0.717) is 12.4 Å². The van der Waals surface area contributed by atoms with E-state index in [0.717, 1.165) is 46.4 Å². The molecule has 0 aliphatic rings. The first-order valence-electron chi connectivity index (χ1n) is 11.0. The summed E-state index contributed by atoms with van der Waals surface area (Å²) in [6.07, 6.45) is 0.923. The van der Waals surface area contributed by atoms with Crippen molar-refractivity contribution < 1.29 is 14.3 Å². The number of nitrogens with zero attached hydrogens (tertiary/aromatic N) is 4. The summed E-state index contributed by atoms with van der Waals surface area (Å²) < 4.78 is 12.9. The van der Waals surface area contributed by atoms with Crippen LogP contribution >= 0.6 is 11.8 Å². The zero-order valence-corrected chi connectivity index (χ0v) is 20.8. The van der Waals surface area contributed by atoms with Crippen molar-refractivity contribution in [1.82, 2.24) is 19.7 Å². The van der Waals surface area contributed by atoms with Crippen LogP contribution in [0.25, 0.3) is 11.4 Å². The molecule has 0 saturated heterocycles. The van der Waals surface area contributed by atoms with Crippen LogP contribution < -0.4 is 4.74 Å². The van der Waals surface area contributed by atoms with Gasteiger partial charge in [0, 0.05) is 37.6 Å². The summed E-state index contributed by atoms with van der Waals surface area (Å²) in [5.74, 6) is 2.17. The minimum atomic E-state index is 0.0289. The van der Waals surface area contributed by atoms with E-state index in [4.69, 9.17) is 9.47 Å². The molecule has 33 heavy (non-hydrogen) atoms. The molecule has 1 heterocycles. The Hall–Kier alpha value is -2.84. The molecule has 0 aliphatic heterocycles. The van der Waals surface area contributed by atoms with E-state index in [9.17, 15) is 4.79 Å². The molecule has 0 radical (unpaired) electrons. The average molecular weight is 469 g/mol. The number of rotatable bonds is 11. The van der Waals surface area contributed by atoms with Crippen molar-refractivity contribution in [1.29, 1.82) is 0 Å². The fraction of sp³-hybridized carbons (Fsp3) is 0.400. The highest BCUT2D eigenvalue weighted by Gasteiger charge is 2.21. The van der Waals surface area contributed by atoms with Crippen LogP contribution in [0.2, 0.25) is 0 Å². The third-order valence-electron chi connectivity index (χ3n) is 5.35. The highest BCUT2D eigenvalue weighted by molar-refractivity contribution is 7.98. The van der Waals surface area contributed by atoms with Gasteiger partial charge in [-0.15, -0.1) is 10.2 Å². The molecule has 1 atom stereocenters. The molecule has 0 saturated carbocycles. The fourth-order valence-electron chi connectivity index (χ4n) is 3.69. The Morgan fingerprint density at radius 2 is 1.94 bits per heavy atom. The van der Waals surface area contributed by atoms with E-state index in [1.54, 1.807) is 30.9 Å². The maximum atomic E-state index is 12.9. The van der Waals surface area contributed by atoms with Crippen molar-refractivity contribution in [2.75, 3.05) is 34.4 Å². The predicted octanol–water partition coefficient (Wildman–Crippen LogP) is 4.94. The first-order valence-corrected chi connectivity index (χ1v) is 12.0. The molecule has 7 nitrogen and oxygen atoms in total. The number of hydrogen-bond acceptors (Lipinski definition) is 6. The smallest absolute Gasteiger partial charge is 0.253 e. The minimum Gasteiger partial charge on any atom is -0.497 e. The second-order valence-corrected chi connectivity index (χ2v) is 8.83. The van der Waals surface area contributed by atoms with Crippen LogP contribution in [0.15, 0.2) is 53.7 Å². The van der Waals surface area contributed by atoms with Crippen LogP contribution in [0.1, 0.15) is 42.2 Å². The number of carbonyl (C=O) groups is 1. The van der Waals surface area contributed by atoms with E-state index in [1.807, 2.05) is 55.6 Å². The highest BCUT2D eigenvalue weighted by Crippen LogP contribution is 2.31. The molecule has 176 valence electrons. The van der Waals surface area contributed by atoms with Crippen LogP contribution in [-0.2, 0) is 10.5 Å². The van der Waals surface area contributed by atoms with Gasteiger partial charge in [-0.3, -0.25) is 9.36 Å². The molecule has 3 aromatic rings. The summed E-state index contributed by atoms with van der Waals surface area (Å²) in [7, 11) is 5.18. The van der Waals surface area contributed by atoms with E-state index in [-0.39, 0.29) is 11.9 Å². The number of aromatic nitrogens is 3. The van der Waals surface area contributed by atoms with Gasteiger partial charge >= 0.3 is 0 Å². The van der Waals surface area contributed by atoms with Crippen molar-refractivity contribution in [2.24, 2.45) is 0 Å². The topological polar surface area (TPSA) is 69.5 Å². The largest absolute Gasteiger partial charge is 0.497 e. The maximum Gasteiger partial charge on any atom is 0.253 e. The van der Waals surface area contributed by atoms with Gasteiger partial charge in [0.25, 0.3) is 5.91 Å². The molecular weight excluding hydrogens is 436 g/mol. The van der Waals surface area contributed by atoms with E-state index < -0.39 is 0 Å². The Morgan fingerprint density at radius 3 is 2.67 bits per heavy atom. The highest BCUT2D eigenvalue weighted by atomic mass is 32.2. The third kappa shape index (κ3) is 5.94. The van der Waals surface area contributed by atoms with Crippen LogP contribution in [0, 0.1) is 0 Å². The average Bonchev–Trinajstić information content (AvgIpc) is 3.27. The summed E-state index contributed by atoms with van der Waals surface area (Å²) in [5, 5.41) is 9.76. The quantitative estimate of drug-likeness (QED) is 0.372. The summed E-state index contributed by atoms with van der Waals surface area (Å²) in [5.41, 5.74) is 2.63. The van der Waals surface area contributed by atoms with Crippen LogP contribution in [-0.4, -0.2) is 60.0 Å². The lowest BCUT2D eigenvalue weighted by Gasteiger charge is -2.19. The normalized spacial score (nSPS) is 11.9. The lowest BCUT2D eigenvalue weighted by molar-refractivity contribution is 0.0794. The first kappa shape index (κ1) is 24.8. The summed E-state index contributed by atoms with van der Waals surface area (Å²) >= 11 is 1.57. The molecule has 0 bridgehead atoms. The zero-order chi connectivity index (χ0) is 23.8. The lowest BCUT2D eigenvalue weighted by Crippen LogP contribution is -2.28. The SMILES string of the molecule is CCCN(C)C(=O)c1ccccc1CSc1nnc(-c2cccc(OC)c2)n1[C@@H](C)COC. The van der Waals surface area contributed by atoms with Gasteiger partial charge in [0.05, 0.1) is 19.8 Å². The fourth-order valence-corrected chi connectivity index (χ4v) is 4.73. The summed E-state index contributed by atoms with van der Waals surface area (Å²) in [4.78, 5) is 14.7. The van der Waals surface area contributed by atoms with Gasteiger partial charge < -0.3 is 14.4 Å². The Bertz CT molecular complexity index is 1070. The second-order valence-electron chi connectivity index (χ2n) is 7.89. The van der Waals surface area contributed by atoms with Crippen molar-refractivity contribution in [3.8, 4) is 17.1 Å². The number of thioether (sulfide) groups is 1. The molecule has 3 rings (SSSR count). The number of benzene rings is 2. The van der Waals surface area contributed by atoms with Gasteiger partial charge in [-0.25, -0.2) is 0 Å². The molecule has 2 aromatic carbocycles. The Kier molecular flexibility index (Phi) is 8.91. The van der Waals surface area contributed by atoms with Gasteiger partial charge in [-0.1, -0.05) is 49.0 Å². The van der Waals surface area contributed by atoms with Crippen LogP contribution in [0.5, 0.6) is 5.75 Å². The monoisotopic (exact) mass is 468 g/mol. The summed E-state index contributed by atoms with van der Waals surface area (Å²) in [6, 6.07) is 15.6. The summed E-state index contributed by atoms with van der Waals surface area (Å²) in [6.45, 7) is 5.41. The van der Waals surface area contributed by atoms with Crippen molar-refractivity contribution in [3.63, 3.8) is 0 Å². The molecule has 0 N–H and O–H groups in total. The standard InChI is InChI=1S/C25H32N4O3S/c1-6-14-28(3)24(30)22-13-8-7-10-20(22)17-33-25-27-26-23(29(25)18(2)16-31-4)19-11-9-12-21(15-19)32-5/h7-13,15,18H,6,14,16-17H2,1-5H3/t18-/m0/s1. The number of amides is 1. The molecule has 1 aromatic heterocycles. The van der Waals surface area contributed by atoms with E-state index in [2.05, 4.69) is 28.6 Å². The number of hydrogen-bond donors (Lipinski definition) is 0. The van der Waals surface area contributed by atoms with Gasteiger partial charge in [0.15, 0.2) is 11.0 Å². The molecule has 0 spiro atoms. The van der Waals surface area contributed by atoms with Crippen molar-refractivity contribution in [2.45, 2.75) is 37.2 Å². The van der Waals surface area contributed by atoms with Gasteiger partial charge in [-0.05, 0) is 37.1 Å². The predicted molar refractivity (Wildman–Crippen MR) is 132 cm³/mol. The molecule has 0 fully saturated rings. The Labute approximate surface area is 200 Å². The number of carbonyl (C=O) groups excluding carboxylic acids is 1. The molecule has 8 heteroatoms. The first-order chi connectivity index (χ1) is 16.0. The lowest BCUT2D eigenvalue weighted by atomic mass is 10.1. The second kappa shape index (κ2) is 11.9. The zero-order valence-electron chi connectivity index (χ0n) is 19.9. The molecule has 0 unspecified atom stereocenters. The Morgan fingerprint density at radius 1 is 1.15 bits per heavy atom. The molecule has 1 amide bonds. The van der Waals surface area contributed by atoms with Gasteiger partial charge in [-0.2, -0.15) is 0 Å². The van der Waals surface area contributed by atoms with E-state index in [1.165, 1.54) is 0 Å². The Balaban J connectivity index is 1.91. The minimum absolute atomic E-state index is 0.0289. The number of methoxy groups -OCH3 is 2. The maximum absolute atomic E-state index is 12.9. The van der Waals surface area contributed by atoms with Crippen molar-refractivity contribution in [3.05, 3.63) is 59.7 Å². The number of ether oxygens (including phenoxy) is 2. The molecule has 0 aliphatic carbocycles. The van der Waals surface area contributed by atoms with E-state index >= 15 is 0 Å². The van der Waals surface area contributed by atoms with Crippen LogP contribution in [0.3, 0.4) is 0 Å². The van der Waals surface area contributed by atoms with Crippen molar-refractivity contribution >= 4 is 17.7 Å². The van der Waals surface area contributed by atoms with Crippen LogP contribution in [0.4, 0.5) is 0 Å². The van der Waals surface area contributed by atoms with Gasteiger partial charge in [0.2, 0.25) is 0 Å². The molecular formula is C25H32N4O3S. The third-order valence-corrected chi connectivity index (χ3v) is 6.34. The van der Waals surface area contributed by atoms with Gasteiger partial charge in [0.1, 0.15) is 5.75 Å².